The Hall–Kier alpha value is -1.89. The zero-order chi connectivity index (χ0) is 11.4. The molecule has 1 aromatic rings. The number of carbonyl (C=O) groups excluding carboxylic acids is 1. The van der Waals surface area contributed by atoms with Crippen LogP contribution in [0.4, 0.5) is 4.39 Å². The molecule has 0 aliphatic rings. The third-order valence-corrected chi connectivity index (χ3v) is 1.60. The van der Waals surface area contributed by atoms with Crippen LogP contribution in [-0.4, -0.2) is 12.1 Å². The average molecular weight is 206 g/mol. The van der Waals surface area contributed by atoms with Crippen molar-refractivity contribution in [3.05, 3.63) is 35.1 Å². The number of rotatable bonds is 2. The van der Waals surface area contributed by atoms with Crippen LogP contribution in [0.15, 0.2) is 12.1 Å². The van der Waals surface area contributed by atoms with Gasteiger partial charge in [-0.25, -0.2) is 9.18 Å². The number of halogens is 1. The molecule has 0 aromatic heterocycles. The van der Waals surface area contributed by atoms with E-state index in [1.54, 1.807) is 19.9 Å². The van der Waals surface area contributed by atoms with Crippen LogP contribution in [0, 0.1) is 23.2 Å². The molecule has 77 valence electrons. The second-order valence-corrected chi connectivity index (χ2v) is 3.17. The van der Waals surface area contributed by atoms with Crippen LogP contribution in [-0.2, 0) is 4.74 Å². The molecule has 0 fully saturated rings. The average Bonchev–Trinajstić information content (AvgIpc) is 2.16. The van der Waals surface area contributed by atoms with Gasteiger partial charge in [-0.2, -0.15) is 5.26 Å². The summed E-state index contributed by atoms with van der Waals surface area (Å²) >= 11 is 0. The fourth-order valence-corrected chi connectivity index (χ4v) is 1.00. The van der Waals surface area contributed by atoms with E-state index in [9.17, 15) is 9.18 Å². The minimum absolute atomic E-state index is 0.0348. The minimum atomic E-state index is -0.673. The molecule has 0 spiro atoms. The van der Waals surface area contributed by atoms with Crippen LogP contribution < -0.4 is 0 Å². The predicted octanol–water partition coefficient (Wildman–Crippen LogP) is 2.06. The number of nitrogens with zero attached hydrogens (tertiary/aromatic N) is 1. The Morgan fingerprint density at radius 3 is 2.87 bits per heavy atom. The summed E-state index contributed by atoms with van der Waals surface area (Å²) in [6.45, 7) is 3.38. The lowest BCUT2D eigenvalue weighted by Gasteiger charge is -2.08. The minimum Gasteiger partial charge on any atom is -0.459 e. The maximum atomic E-state index is 12.7. The molecule has 1 radical (unpaired) electrons. The summed E-state index contributed by atoms with van der Waals surface area (Å²) in [4.78, 5) is 11.4. The normalized spacial score (nSPS) is 9.80. The van der Waals surface area contributed by atoms with Gasteiger partial charge in [-0.05, 0) is 26.0 Å². The summed E-state index contributed by atoms with van der Waals surface area (Å²) in [6.07, 6.45) is -0.283. The van der Waals surface area contributed by atoms with E-state index in [1.807, 2.05) is 0 Å². The molecule has 0 unspecified atom stereocenters. The van der Waals surface area contributed by atoms with Gasteiger partial charge >= 0.3 is 5.97 Å². The number of ether oxygens (including phenoxy) is 1. The van der Waals surface area contributed by atoms with Gasteiger partial charge in [-0.3, -0.25) is 0 Å². The van der Waals surface area contributed by atoms with Gasteiger partial charge < -0.3 is 4.74 Å². The summed E-state index contributed by atoms with van der Waals surface area (Å²) in [5.74, 6) is -1.31. The highest BCUT2D eigenvalue weighted by atomic mass is 19.1. The first kappa shape index (κ1) is 11.2. The fraction of sp³-hybridized carbons (Fsp3) is 0.273. The molecule has 4 heteroatoms. The van der Waals surface area contributed by atoms with Crippen LogP contribution in [0.5, 0.6) is 0 Å². The molecule has 3 nitrogen and oxygen atoms in total. The van der Waals surface area contributed by atoms with E-state index >= 15 is 0 Å². The number of hydrogen-bond acceptors (Lipinski definition) is 3. The van der Waals surface area contributed by atoms with Gasteiger partial charge in [-0.1, -0.05) is 0 Å². The van der Waals surface area contributed by atoms with E-state index in [0.717, 1.165) is 12.1 Å². The first-order valence-electron chi connectivity index (χ1n) is 4.37. The summed E-state index contributed by atoms with van der Waals surface area (Å²) in [7, 11) is 0. The van der Waals surface area contributed by atoms with Crippen LogP contribution in [0.1, 0.15) is 29.8 Å². The van der Waals surface area contributed by atoms with Crippen molar-refractivity contribution in [2.24, 2.45) is 0 Å². The van der Waals surface area contributed by atoms with Gasteiger partial charge in [0, 0.05) is 6.07 Å². The zero-order valence-electron chi connectivity index (χ0n) is 8.37. The first-order chi connectivity index (χ1) is 7.04. The largest absolute Gasteiger partial charge is 0.459 e. The number of nitriles is 1. The predicted molar refractivity (Wildman–Crippen MR) is 50.5 cm³/mol. The molecule has 0 heterocycles. The first-order valence-corrected chi connectivity index (χ1v) is 4.37. The number of benzene rings is 1. The van der Waals surface area contributed by atoms with E-state index in [1.165, 1.54) is 0 Å². The molecule has 1 rings (SSSR count). The number of esters is 1. The van der Waals surface area contributed by atoms with Crippen molar-refractivity contribution < 1.29 is 13.9 Å². The Labute approximate surface area is 87.1 Å². The Morgan fingerprint density at radius 1 is 1.67 bits per heavy atom. The number of carbonyl (C=O) groups is 1. The van der Waals surface area contributed by atoms with Crippen LogP contribution in [0.25, 0.3) is 0 Å². The van der Waals surface area contributed by atoms with E-state index in [-0.39, 0.29) is 17.2 Å². The lowest BCUT2D eigenvalue weighted by Crippen LogP contribution is -2.13. The third kappa shape index (κ3) is 2.78. The quantitative estimate of drug-likeness (QED) is 0.696. The Bertz CT molecular complexity index is 421. The Kier molecular flexibility index (Phi) is 3.40. The van der Waals surface area contributed by atoms with Gasteiger partial charge in [0.15, 0.2) is 0 Å². The maximum absolute atomic E-state index is 12.7. The van der Waals surface area contributed by atoms with Crippen LogP contribution in [0.3, 0.4) is 0 Å². The molecular formula is C11H9FNO2. The van der Waals surface area contributed by atoms with Gasteiger partial charge in [0.05, 0.1) is 17.2 Å². The molecule has 15 heavy (non-hydrogen) atoms. The van der Waals surface area contributed by atoms with Gasteiger partial charge in [0.2, 0.25) is 0 Å². The van der Waals surface area contributed by atoms with Crippen molar-refractivity contribution in [3.8, 4) is 6.07 Å². The van der Waals surface area contributed by atoms with E-state index in [2.05, 4.69) is 6.07 Å². The highest BCUT2D eigenvalue weighted by Crippen LogP contribution is 2.12. The van der Waals surface area contributed by atoms with Gasteiger partial charge in [0.25, 0.3) is 0 Å². The topological polar surface area (TPSA) is 50.1 Å². The van der Waals surface area contributed by atoms with Crippen molar-refractivity contribution in [2.75, 3.05) is 0 Å². The molecule has 0 amide bonds. The lowest BCUT2D eigenvalue weighted by molar-refractivity contribution is 0.0377. The number of hydrogen-bond donors (Lipinski definition) is 0. The zero-order valence-corrected chi connectivity index (χ0v) is 8.37. The smallest absolute Gasteiger partial charge is 0.339 e. The maximum Gasteiger partial charge on any atom is 0.339 e. The molecule has 0 saturated carbocycles. The molecular weight excluding hydrogens is 197 g/mol. The highest BCUT2D eigenvalue weighted by molar-refractivity contribution is 5.92. The van der Waals surface area contributed by atoms with Crippen molar-refractivity contribution in [1.29, 1.82) is 5.26 Å². The Morgan fingerprint density at radius 2 is 2.33 bits per heavy atom. The summed E-state index contributed by atoms with van der Waals surface area (Å²) in [5, 5.41) is 8.69. The molecule has 0 bridgehead atoms. The second kappa shape index (κ2) is 4.56. The van der Waals surface area contributed by atoms with Crippen molar-refractivity contribution in [1.82, 2.24) is 0 Å². The molecule has 0 aliphatic carbocycles. The summed E-state index contributed by atoms with van der Waals surface area (Å²) < 4.78 is 17.6. The molecule has 0 saturated heterocycles. The standard InChI is InChI=1S/C11H9FNO2/c1-7(2)15-11(14)10-4-3-9(12)5-8(10)6-13/h4-5,7H,1-2H3. The highest BCUT2D eigenvalue weighted by Gasteiger charge is 2.14. The van der Waals surface area contributed by atoms with Crippen LogP contribution >= 0.6 is 0 Å². The fourth-order valence-electron chi connectivity index (χ4n) is 1.00. The van der Waals surface area contributed by atoms with Crippen molar-refractivity contribution >= 4 is 5.97 Å². The molecule has 0 atom stereocenters. The monoisotopic (exact) mass is 206 g/mol. The second-order valence-electron chi connectivity index (χ2n) is 3.17. The SMILES string of the molecule is CC(C)OC(=O)c1c[c]c(F)cc1C#N. The van der Waals surface area contributed by atoms with E-state index < -0.39 is 11.8 Å². The summed E-state index contributed by atoms with van der Waals surface area (Å²) in [5.41, 5.74) is -0.00972. The Balaban J connectivity index is 3.04. The van der Waals surface area contributed by atoms with Crippen LogP contribution in [0.2, 0.25) is 0 Å². The molecule has 0 aliphatic heterocycles. The van der Waals surface area contributed by atoms with E-state index in [0.29, 0.717) is 0 Å². The van der Waals surface area contributed by atoms with Gasteiger partial charge in [-0.15, -0.1) is 0 Å². The molecule has 1 aromatic carbocycles. The van der Waals surface area contributed by atoms with Crippen molar-refractivity contribution in [3.63, 3.8) is 0 Å². The van der Waals surface area contributed by atoms with E-state index in [4.69, 9.17) is 10.00 Å². The third-order valence-electron chi connectivity index (χ3n) is 1.60. The van der Waals surface area contributed by atoms with Gasteiger partial charge in [0.1, 0.15) is 11.9 Å². The lowest BCUT2D eigenvalue weighted by atomic mass is 10.1. The summed E-state index contributed by atoms with van der Waals surface area (Å²) in [6, 6.07) is 6.02. The van der Waals surface area contributed by atoms with Crippen molar-refractivity contribution in [2.45, 2.75) is 20.0 Å². The molecule has 0 N–H and O–H groups in total.